The van der Waals surface area contributed by atoms with Gasteiger partial charge in [0.2, 0.25) is 5.69 Å². The van der Waals surface area contributed by atoms with E-state index in [1.54, 1.807) is 4.68 Å². The van der Waals surface area contributed by atoms with Gasteiger partial charge in [-0.25, -0.2) is 4.79 Å². The van der Waals surface area contributed by atoms with Crippen LogP contribution >= 0.6 is 0 Å². The number of nitrogens with one attached hydrogen (secondary N) is 2. The standard InChI is InChI=1S/C14H19N3O2/c1-10-5-7-11(8-6-10)17-12(13(18)19-16-17)9-15-14(2,3)4/h5-8,15H,9H2,1-4H3/p+1. The molecule has 0 aliphatic heterocycles. The van der Waals surface area contributed by atoms with E-state index in [0.717, 1.165) is 5.69 Å². The van der Waals surface area contributed by atoms with Gasteiger partial charge in [0.1, 0.15) is 0 Å². The van der Waals surface area contributed by atoms with Crippen LogP contribution in [0.15, 0.2) is 33.6 Å². The first-order valence-corrected chi connectivity index (χ1v) is 6.31. The highest BCUT2D eigenvalue weighted by Crippen LogP contribution is 2.04. The Morgan fingerprint density at radius 1 is 1.26 bits per heavy atom. The number of aromatic nitrogens is 2. The van der Waals surface area contributed by atoms with E-state index in [1.807, 2.05) is 31.2 Å². The normalized spacial score (nSPS) is 11.8. The van der Waals surface area contributed by atoms with Crippen molar-refractivity contribution in [1.82, 2.24) is 10.6 Å². The zero-order valence-corrected chi connectivity index (χ0v) is 11.8. The van der Waals surface area contributed by atoms with Crippen molar-refractivity contribution in [3.63, 3.8) is 0 Å². The van der Waals surface area contributed by atoms with Gasteiger partial charge >= 0.3 is 11.3 Å². The zero-order valence-electron chi connectivity index (χ0n) is 11.8. The van der Waals surface area contributed by atoms with Gasteiger partial charge in [-0.05, 0) is 37.6 Å². The fourth-order valence-electron chi connectivity index (χ4n) is 1.69. The summed E-state index contributed by atoms with van der Waals surface area (Å²) in [7, 11) is 0. The maximum atomic E-state index is 11.7. The van der Waals surface area contributed by atoms with Crippen LogP contribution < -0.4 is 15.6 Å². The first-order chi connectivity index (χ1) is 8.87. The molecule has 0 aliphatic rings. The number of rotatable bonds is 3. The van der Waals surface area contributed by atoms with Gasteiger partial charge in [-0.1, -0.05) is 17.7 Å². The maximum Gasteiger partial charge on any atom is 0.431 e. The molecule has 1 aromatic heterocycles. The second-order valence-electron chi connectivity index (χ2n) is 5.70. The van der Waals surface area contributed by atoms with E-state index < -0.39 is 0 Å². The van der Waals surface area contributed by atoms with Crippen LogP contribution in [0, 0.1) is 6.92 Å². The molecule has 2 rings (SSSR count). The molecule has 0 aliphatic carbocycles. The minimum atomic E-state index is -0.350. The molecule has 0 amide bonds. The average molecular weight is 262 g/mol. The van der Waals surface area contributed by atoms with Gasteiger partial charge in [0, 0.05) is 17.7 Å². The second-order valence-corrected chi connectivity index (χ2v) is 5.70. The van der Waals surface area contributed by atoms with E-state index in [1.165, 1.54) is 5.56 Å². The molecule has 0 atom stereocenters. The fraction of sp³-hybridized carbons (Fsp3) is 0.429. The van der Waals surface area contributed by atoms with Crippen LogP contribution in [0.2, 0.25) is 0 Å². The molecule has 0 saturated carbocycles. The van der Waals surface area contributed by atoms with E-state index in [2.05, 4.69) is 31.4 Å². The molecule has 2 aromatic rings. The van der Waals surface area contributed by atoms with Gasteiger partial charge < -0.3 is 5.32 Å². The lowest BCUT2D eigenvalue weighted by Gasteiger charge is -2.18. The van der Waals surface area contributed by atoms with Gasteiger partial charge in [0.25, 0.3) is 0 Å². The molecule has 0 saturated heterocycles. The van der Waals surface area contributed by atoms with E-state index in [4.69, 9.17) is 4.52 Å². The van der Waals surface area contributed by atoms with Crippen molar-refractivity contribution in [3.8, 4) is 5.69 Å². The summed E-state index contributed by atoms with van der Waals surface area (Å²) < 4.78 is 6.56. The van der Waals surface area contributed by atoms with Gasteiger partial charge in [0.05, 0.1) is 6.54 Å². The number of H-pyrrole nitrogens is 1. The van der Waals surface area contributed by atoms with Gasteiger partial charge in [-0.2, -0.15) is 0 Å². The highest BCUT2D eigenvalue weighted by molar-refractivity contribution is 5.26. The lowest BCUT2D eigenvalue weighted by Crippen LogP contribution is -2.44. The van der Waals surface area contributed by atoms with E-state index in [0.29, 0.717) is 12.2 Å². The SMILES string of the molecule is Cc1ccc(-[n+]2[nH]oc(=O)c2CNC(C)(C)C)cc1. The van der Waals surface area contributed by atoms with Gasteiger partial charge in [-0.15, -0.1) is 0 Å². The van der Waals surface area contributed by atoms with Crippen molar-refractivity contribution in [2.24, 2.45) is 0 Å². The Balaban J connectivity index is 2.32. The van der Waals surface area contributed by atoms with Crippen LogP contribution in [0.1, 0.15) is 32.0 Å². The third-order valence-corrected chi connectivity index (χ3v) is 2.81. The molecule has 102 valence electrons. The minimum Gasteiger partial charge on any atom is -0.302 e. The van der Waals surface area contributed by atoms with Crippen molar-refractivity contribution in [2.45, 2.75) is 39.8 Å². The number of nitrogens with zero attached hydrogens (tertiary/aromatic N) is 1. The van der Waals surface area contributed by atoms with Gasteiger partial charge in [-0.3, -0.25) is 4.52 Å². The van der Waals surface area contributed by atoms with E-state index >= 15 is 0 Å². The highest BCUT2D eigenvalue weighted by atomic mass is 16.5. The van der Waals surface area contributed by atoms with Crippen molar-refractivity contribution in [2.75, 3.05) is 0 Å². The number of aryl methyl sites for hydroxylation is 1. The lowest BCUT2D eigenvalue weighted by molar-refractivity contribution is -0.677. The fourth-order valence-corrected chi connectivity index (χ4v) is 1.69. The number of hydrogen-bond donors (Lipinski definition) is 2. The Morgan fingerprint density at radius 3 is 2.47 bits per heavy atom. The topological polar surface area (TPSA) is 61.9 Å². The molecule has 1 heterocycles. The number of aromatic amines is 1. The largest absolute Gasteiger partial charge is 0.431 e. The second kappa shape index (κ2) is 5.01. The minimum absolute atomic E-state index is 0.0607. The summed E-state index contributed by atoms with van der Waals surface area (Å²) in [6, 6.07) is 7.88. The molecule has 0 bridgehead atoms. The number of benzene rings is 1. The Morgan fingerprint density at radius 2 is 1.89 bits per heavy atom. The van der Waals surface area contributed by atoms with Crippen molar-refractivity contribution >= 4 is 0 Å². The molecular formula is C14H20N3O2+. The summed E-state index contributed by atoms with van der Waals surface area (Å²) >= 11 is 0. The molecular weight excluding hydrogens is 242 g/mol. The monoisotopic (exact) mass is 262 g/mol. The van der Waals surface area contributed by atoms with Crippen molar-refractivity contribution < 1.29 is 9.20 Å². The third kappa shape index (κ3) is 3.32. The van der Waals surface area contributed by atoms with Crippen LogP contribution in [-0.2, 0) is 6.54 Å². The third-order valence-electron chi connectivity index (χ3n) is 2.81. The summed E-state index contributed by atoms with van der Waals surface area (Å²) in [5.41, 5.74) is 2.19. The first-order valence-electron chi connectivity index (χ1n) is 6.31. The van der Waals surface area contributed by atoms with Crippen LogP contribution in [0.5, 0.6) is 0 Å². The average Bonchev–Trinajstić information content (AvgIpc) is 2.68. The summed E-state index contributed by atoms with van der Waals surface area (Å²) in [5.74, 6) is 0. The van der Waals surface area contributed by atoms with Crippen LogP contribution in [0.4, 0.5) is 0 Å². The lowest BCUT2D eigenvalue weighted by atomic mass is 10.1. The Kier molecular flexibility index (Phi) is 3.57. The molecule has 5 heteroatoms. The number of hydrogen-bond acceptors (Lipinski definition) is 3. The Labute approximate surface area is 112 Å². The van der Waals surface area contributed by atoms with E-state index in [9.17, 15) is 4.79 Å². The van der Waals surface area contributed by atoms with Crippen LogP contribution in [0.3, 0.4) is 0 Å². The molecule has 5 nitrogen and oxygen atoms in total. The Hall–Kier alpha value is -1.88. The molecule has 0 spiro atoms. The van der Waals surface area contributed by atoms with Crippen molar-refractivity contribution in [3.05, 3.63) is 45.9 Å². The van der Waals surface area contributed by atoms with Crippen LogP contribution in [0.25, 0.3) is 5.69 Å². The molecule has 0 unspecified atom stereocenters. The quantitative estimate of drug-likeness (QED) is 0.823. The highest BCUT2D eigenvalue weighted by Gasteiger charge is 2.24. The predicted molar refractivity (Wildman–Crippen MR) is 72.2 cm³/mol. The summed E-state index contributed by atoms with van der Waals surface area (Å²) in [6.07, 6.45) is 0. The molecule has 2 N–H and O–H groups in total. The van der Waals surface area contributed by atoms with Crippen LogP contribution in [-0.4, -0.2) is 10.8 Å². The van der Waals surface area contributed by atoms with E-state index in [-0.39, 0.29) is 11.2 Å². The summed E-state index contributed by atoms with van der Waals surface area (Å²) in [6.45, 7) is 8.63. The first kappa shape index (κ1) is 13.5. The smallest absolute Gasteiger partial charge is 0.302 e. The Bertz CT molecular complexity index is 603. The van der Waals surface area contributed by atoms with Gasteiger partial charge in [0.15, 0.2) is 0 Å². The maximum absolute atomic E-state index is 11.7. The molecule has 0 fully saturated rings. The summed E-state index contributed by atoms with van der Waals surface area (Å²) in [4.78, 5) is 11.7. The van der Waals surface area contributed by atoms with Crippen molar-refractivity contribution in [1.29, 1.82) is 0 Å². The molecule has 1 aromatic carbocycles. The zero-order chi connectivity index (χ0) is 14.0. The predicted octanol–water partition coefficient (Wildman–Crippen LogP) is 1.44. The molecule has 0 radical (unpaired) electrons. The summed E-state index contributed by atoms with van der Waals surface area (Å²) in [5, 5.41) is 5.92. The molecule has 19 heavy (non-hydrogen) atoms.